The lowest BCUT2D eigenvalue weighted by Crippen LogP contribution is -2.61. The molecule has 0 N–H and O–H groups in total. The largest absolute Gasteiger partial charge is 0.288 e. The minimum absolute atomic E-state index is 0.209. The first-order valence-electron chi connectivity index (χ1n) is 7.30. The van der Waals surface area contributed by atoms with Gasteiger partial charge in [-0.25, -0.2) is 0 Å². The summed E-state index contributed by atoms with van der Waals surface area (Å²) in [5.74, 6) is 0. The lowest BCUT2D eigenvalue weighted by atomic mass is 9.74. The van der Waals surface area contributed by atoms with Crippen LogP contribution in [-0.4, -0.2) is 22.5 Å². The zero-order valence-electron chi connectivity index (χ0n) is 14.0. The lowest BCUT2D eigenvalue weighted by molar-refractivity contribution is -0.0386. The molecule has 0 spiro atoms. The van der Waals surface area contributed by atoms with Gasteiger partial charge >= 0.3 is 0 Å². The van der Waals surface area contributed by atoms with Crippen molar-refractivity contribution >= 4 is 0 Å². The van der Waals surface area contributed by atoms with E-state index in [0.717, 1.165) is 0 Å². The van der Waals surface area contributed by atoms with E-state index in [-0.39, 0.29) is 11.0 Å². The average molecular weight is 251 g/mol. The van der Waals surface area contributed by atoms with Gasteiger partial charge < -0.3 is 0 Å². The van der Waals surface area contributed by atoms with Crippen LogP contribution in [0.4, 0.5) is 0 Å². The molecule has 1 rings (SSSR count). The standard InChI is InChI=1S/C17H33N/c1-15(2,3)13-11-10-12-14(16(4,5)6)18(13)17(7,8)9/h10-11,13-14H,12H2,1-9H3. The summed E-state index contributed by atoms with van der Waals surface area (Å²) in [5.41, 5.74) is 0.815. The highest BCUT2D eigenvalue weighted by molar-refractivity contribution is 5.12. The normalized spacial score (nSPS) is 27.6. The summed E-state index contributed by atoms with van der Waals surface area (Å²) in [4.78, 5) is 2.74. The third-order valence-corrected chi connectivity index (χ3v) is 3.97. The number of hydrogen-bond donors (Lipinski definition) is 0. The summed E-state index contributed by atoms with van der Waals surface area (Å²) in [7, 11) is 0. The zero-order valence-corrected chi connectivity index (χ0v) is 14.0. The van der Waals surface area contributed by atoms with Gasteiger partial charge in [-0.15, -0.1) is 0 Å². The fourth-order valence-electron chi connectivity index (χ4n) is 3.10. The summed E-state index contributed by atoms with van der Waals surface area (Å²) < 4.78 is 0. The lowest BCUT2D eigenvalue weighted by Gasteiger charge is -2.55. The molecule has 0 aromatic carbocycles. The number of rotatable bonds is 0. The molecule has 1 heterocycles. The van der Waals surface area contributed by atoms with Gasteiger partial charge in [0.15, 0.2) is 0 Å². The quantitative estimate of drug-likeness (QED) is 0.555. The van der Waals surface area contributed by atoms with Crippen molar-refractivity contribution < 1.29 is 0 Å². The van der Waals surface area contributed by atoms with Gasteiger partial charge in [-0.2, -0.15) is 0 Å². The highest BCUT2D eigenvalue weighted by Gasteiger charge is 2.44. The second-order valence-corrected chi connectivity index (χ2v) is 8.93. The van der Waals surface area contributed by atoms with Crippen LogP contribution >= 0.6 is 0 Å². The molecule has 0 bridgehead atoms. The van der Waals surface area contributed by atoms with E-state index in [1.807, 2.05) is 0 Å². The molecule has 0 aromatic heterocycles. The molecule has 2 atom stereocenters. The Balaban J connectivity index is 3.22. The van der Waals surface area contributed by atoms with Crippen LogP contribution in [0.2, 0.25) is 0 Å². The SMILES string of the molecule is CC(C)(C)C1C=CCC(C(C)(C)C)N1C(C)(C)C. The molecule has 0 saturated heterocycles. The maximum atomic E-state index is 2.74. The molecule has 0 aliphatic carbocycles. The molecule has 0 amide bonds. The van der Waals surface area contributed by atoms with Gasteiger partial charge in [-0.1, -0.05) is 53.7 Å². The van der Waals surface area contributed by atoms with Crippen molar-refractivity contribution in [2.75, 3.05) is 0 Å². The molecule has 0 saturated carbocycles. The number of nitrogens with zero attached hydrogens (tertiary/aromatic N) is 1. The van der Waals surface area contributed by atoms with E-state index in [1.165, 1.54) is 6.42 Å². The van der Waals surface area contributed by atoms with Crippen LogP contribution in [0.25, 0.3) is 0 Å². The maximum Gasteiger partial charge on any atom is 0.0335 e. The van der Waals surface area contributed by atoms with Crippen molar-refractivity contribution in [1.82, 2.24) is 4.90 Å². The summed E-state index contributed by atoms with van der Waals surface area (Å²) in [6.45, 7) is 21.2. The monoisotopic (exact) mass is 251 g/mol. The fraction of sp³-hybridized carbons (Fsp3) is 0.882. The average Bonchev–Trinajstić information content (AvgIpc) is 2.12. The van der Waals surface area contributed by atoms with Gasteiger partial charge in [0.25, 0.3) is 0 Å². The molecule has 18 heavy (non-hydrogen) atoms. The van der Waals surface area contributed by atoms with E-state index in [2.05, 4.69) is 79.4 Å². The van der Waals surface area contributed by atoms with Crippen LogP contribution in [-0.2, 0) is 0 Å². The Kier molecular flexibility index (Phi) is 4.08. The Hall–Kier alpha value is -0.300. The van der Waals surface area contributed by atoms with Crippen molar-refractivity contribution in [2.45, 2.75) is 86.4 Å². The molecule has 1 heteroatoms. The van der Waals surface area contributed by atoms with Gasteiger partial charge in [0.2, 0.25) is 0 Å². The summed E-state index contributed by atoms with van der Waals surface area (Å²) in [6, 6.07) is 1.14. The van der Waals surface area contributed by atoms with E-state index in [9.17, 15) is 0 Å². The van der Waals surface area contributed by atoms with E-state index >= 15 is 0 Å². The minimum Gasteiger partial charge on any atom is -0.288 e. The van der Waals surface area contributed by atoms with E-state index < -0.39 is 0 Å². The molecule has 1 aliphatic heterocycles. The van der Waals surface area contributed by atoms with Crippen LogP contribution in [0, 0.1) is 10.8 Å². The Morgan fingerprint density at radius 3 is 1.67 bits per heavy atom. The van der Waals surface area contributed by atoms with Crippen molar-refractivity contribution in [3.8, 4) is 0 Å². The third kappa shape index (κ3) is 3.38. The van der Waals surface area contributed by atoms with Gasteiger partial charge in [0, 0.05) is 17.6 Å². The van der Waals surface area contributed by atoms with Gasteiger partial charge in [-0.05, 0) is 38.0 Å². The highest BCUT2D eigenvalue weighted by atomic mass is 15.3. The third-order valence-electron chi connectivity index (χ3n) is 3.97. The highest BCUT2D eigenvalue weighted by Crippen LogP contribution is 2.41. The topological polar surface area (TPSA) is 3.24 Å². The predicted molar refractivity (Wildman–Crippen MR) is 81.8 cm³/mol. The first kappa shape index (κ1) is 15.8. The molecule has 1 aliphatic rings. The van der Waals surface area contributed by atoms with Gasteiger partial charge in [0.05, 0.1) is 0 Å². The molecule has 2 unspecified atom stereocenters. The van der Waals surface area contributed by atoms with Crippen molar-refractivity contribution in [2.24, 2.45) is 10.8 Å². The summed E-state index contributed by atoms with van der Waals surface area (Å²) >= 11 is 0. The summed E-state index contributed by atoms with van der Waals surface area (Å²) in [6.07, 6.45) is 5.99. The molecular weight excluding hydrogens is 218 g/mol. The smallest absolute Gasteiger partial charge is 0.0335 e. The molecule has 106 valence electrons. The minimum atomic E-state index is 0.209. The van der Waals surface area contributed by atoms with E-state index in [1.54, 1.807) is 0 Å². The Bertz CT molecular complexity index is 306. The van der Waals surface area contributed by atoms with Crippen molar-refractivity contribution in [3.05, 3.63) is 12.2 Å². The summed E-state index contributed by atoms with van der Waals surface area (Å²) in [5, 5.41) is 0. The van der Waals surface area contributed by atoms with Crippen LogP contribution in [0.3, 0.4) is 0 Å². The van der Waals surface area contributed by atoms with Crippen LogP contribution < -0.4 is 0 Å². The van der Waals surface area contributed by atoms with Crippen molar-refractivity contribution in [3.63, 3.8) is 0 Å². The van der Waals surface area contributed by atoms with E-state index in [4.69, 9.17) is 0 Å². The van der Waals surface area contributed by atoms with Crippen LogP contribution in [0.1, 0.15) is 68.7 Å². The zero-order chi connectivity index (χ0) is 14.4. The Morgan fingerprint density at radius 2 is 1.33 bits per heavy atom. The van der Waals surface area contributed by atoms with Crippen molar-refractivity contribution in [1.29, 1.82) is 0 Å². The van der Waals surface area contributed by atoms with Crippen LogP contribution in [0.15, 0.2) is 12.2 Å². The fourth-order valence-corrected chi connectivity index (χ4v) is 3.10. The molecule has 0 aromatic rings. The van der Waals surface area contributed by atoms with E-state index in [0.29, 0.717) is 17.5 Å². The van der Waals surface area contributed by atoms with Gasteiger partial charge in [0.1, 0.15) is 0 Å². The first-order valence-corrected chi connectivity index (χ1v) is 7.30. The molecule has 0 radical (unpaired) electrons. The predicted octanol–water partition coefficient (Wildman–Crippen LogP) is 4.88. The second kappa shape index (κ2) is 4.67. The molecule has 0 fully saturated rings. The number of hydrogen-bond acceptors (Lipinski definition) is 1. The Labute approximate surface area is 115 Å². The van der Waals surface area contributed by atoms with Crippen LogP contribution in [0.5, 0.6) is 0 Å². The first-order chi connectivity index (χ1) is 7.85. The van der Waals surface area contributed by atoms with Gasteiger partial charge in [-0.3, -0.25) is 4.90 Å². The molecular formula is C17H33N. The Morgan fingerprint density at radius 1 is 0.833 bits per heavy atom. The second-order valence-electron chi connectivity index (χ2n) is 8.93. The maximum absolute atomic E-state index is 2.74. The molecule has 1 nitrogen and oxygen atoms in total.